The topological polar surface area (TPSA) is 43.1 Å². The molecule has 0 aliphatic heterocycles. The van der Waals surface area contributed by atoms with Crippen LogP contribution in [-0.4, -0.2) is 17.5 Å². The second-order valence-corrected chi connectivity index (χ2v) is 4.74. The Balaban J connectivity index is 4.51. The number of rotatable bonds is 7. The van der Waals surface area contributed by atoms with Crippen LogP contribution in [-0.2, 0) is 4.79 Å². The van der Waals surface area contributed by atoms with Crippen LogP contribution in [0.25, 0.3) is 0 Å². The van der Waals surface area contributed by atoms with Gasteiger partial charge < -0.3 is 5.73 Å². The molecule has 2 N–H and O–H groups in total. The van der Waals surface area contributed by atoms with Crippen LogP contribution in [0.2, 0.25) is 0 Å². The van der Waals surface area contributed by atoms with Gasteiger partial charge in [0.1, 0.15) is 0 Å². The Labute approximate surface area is 101 Å². The van der Waals surface area contributed by atoms with Crippen molar-refractivity contribution in [3.8, 4) is 0 Å². The molecule has 0 aromatic carbocycles. The molecule has 0 bridgehead atoms. The van der Waals surface area contributed by atoms with Gasteiger partial charge in [0.25, 0.3) is 0 Å². The molecular formula is C12H22F3NO. The highest BCUT2D eigenvalue weighted by molar-refractivity contribution is 5.88. The Morgan fingerprint density at radius 2 is 1.82 bits per heavy atom. The van der Waals surface area contributed by atoms with Crippen molar-refractivity contribution in [2.24, 2.45) is 11.7 Å². The summed E-state index contributed by atoms with van der Waals surface area (Å²) in [7, 11) is 0. The summed E-state index contributed by atoms with van der Waals surface area (Å²) in [5.41, 5.74) is 2.38. The molecule has 5 heteroatoms. The van der Waals surface area contributed by atoms with Gasteiger partial charge in [-0.15, -0.1) is 0 Å². The number of halogens is 3. The maximum Gasteiger partial charge on any atom is 0.413 e. The molecule has 0 aromatic heterocycles. The number of hydrogen-bond donors (Lipinski definition) is 1. The number of ketones is 1. The predicted molar refractivity (Wildman–Crippen MR) is 61.6 cm³/mol. The molecule has 0 radical (unpaired) electrons. The van der Waals surface area contributed by atoms with Gasteiger partial charge in [-0.25, -0.2) is 0 Å². The highest BCUT2D eigenvalue weighted by atomic mass is 19.4. The third-order valence-corrected chi connectivity index (χ3v) is 3.19. The first-order valence-electron chi connectivity index (χ1n) is 6.05. The molecule has 0 heterocycles. The van der Waals surface area contributed by atoms with Crippen LogP contribution in [0.15, 0.2) is 0 Å². The van der Waals surface area contributed by atoms with E-state index >= 15 is 0 Å². The van der Waals surface area contributed by atoms with Gasteiger partial charge in [-0.3, -0.25) is 4.79 Å². The number of hydrogen-bond acceptors (Lipinski definition) is 2. The van der Waals surface area contributed by atoms with Crippen molar-refractivity contribution in [3.05, 3.63) is 0 Å². The molecule has 0 aliphatic carbocycles. The molecule has 0 aromatic rings. The van der Waals surface area contributed by atoms with E-state index in [4.69, 9.17) is 5.73 Å². The zero-order valence-corrected chi connectivity index (χ0v) is 10.7. The minimum absolute atomic E-state index is 0.00711. The van der Waals surface area contributed by atoms with E-state index in [-0.39, 0.29) is 12.3 Å². The fraction of sp³-hybridized carbons (Fsp3) is 0.917. The third-order valence-electron chi connectivity index (χ3n) is 3.19. The van der Waals surface area contributed by atoms with Crippen molar-refractivity contribution in [1.29, 1.82) is 0 Å². The minimum atomic E-state index is -4.67. The minimum Gasteiger partial charge on any atom is -0.312 e. The van der Waals surface area contributed by atoms with Gasteiger partial charge in [0, 0.05) is 6.42 Å². The van der Waals surface area contributed by atoms with Crippen LogP contribution >= 0.6 is 0 Å². The Morgan fingerprint density at radius 3 is 2.18 bits per heavy atom. The number of unbranched alkanes of at least 4 members (excludes halogenated alkanes) is 1. The van der Waals surface area contributed by atoms with E-state index < -0.39 is 17.5 Å². The van der Waals surface area contributed by atoms with Crippen molar-refractivity contribution < 1.29 is 18.0 Å². The van der Waals surface area contributed by atoms with E-state index in [1.54, 1.807) is 0 Å². The lowest BCUT2D eigenvalue weighted by Crippen LogP contribution is -2.57. The van der Waals surface area contributed by atoms with Crippen LogP contribution in [0, 0.1) is 5.92 Å². The van der Waals surface area contributed by atoms with E-state index in [1.165, 1.54) is 0 Å². The second-order valence-electron chi connectivity index (χ2n) is 4.74. The van der Waals surface area contributed by atoms with E-state index in [2.05, 4.69) is 0 Å². The van der Waals surface area contributed by atoms with Crippen LogP contribution in [0.3, 0.4) is 0 Å². The van der Waals surface area contributed by atoms with Crippen molar-refractivity contribution in [2.45, 2.75) is 64.6 Å². The van der Waals surface area contributed by atoms with Crippen molar-refractivity contribution in [3.63, 3.8) is 0 Å². The van der Waals surface area contributed by atoms with Gasteiger partial charge >= 0.3 is 6.18 Å². The maximum atomic E-state index is 12.5. The number of nitrogens with two attached hydrogens (primary N) is 1. The van der Waals surface area contributed by atoms with E-state index in [9.17, 15) is 18.0 Å². The third kappa shape index (κ3) is 4.66. The molecule has 0 rings (SSSR count). The average Bonchev–Trinajstić information content (AvgIpc) is 2.22. The second kappa shape index (κ2) is 6.38. The molecule has 2 nitrogen and oxygen atoms in total. The van der Waals surface area contributed by atoms with Gasteiger partial charge in [-0.1, -0.05) is 39.5 Å². The summed E-state index contributed by atoms with van der Waals surface area (Å²) in [6.45, 7) is 4.65. The fourth-order valence-electron chi connectivity index (χ4n) is 1.58. The molecule has 0 amide bonds. The lowest BCUT2D eigenvalue weighted by atomic mass is 9.86. The monoisotopic (exact) mass is 253 g/mol. The average molecular weight is 253 g/mol. The number of alkyl halides is 3. The summed E-state index contributed by atoms with van der Waals surface area (Å²) in [6.07, 6.45) is -1.36. The van der Waals surface area contributed by atoms with Crippen LogP contribution in [0.4, 0.5) is 13.2 Å². The number of carbonyl (C=O) groups excluding carboxylic acids is 1. The SMILES string of the molecule is CCCCC(CC)CC(=O)C(C)(N)C(F)(F)F. The first-order valence-corrected chi connectivity index (χ1v) is 6.05. The van der Waals surface area contributed by atoms with E-state index in [0.717, 1.165) is 26.2 Å². The molecule has 0 saturated carbocycles. The van der Waals surface area contributed by atoms with Crippen LogP contribution in [0.5, 0.6) is 0 Å². The van der Waals surface area contributed by atoms with Crippen molar-refractivity contribution >= 4 is 5.78 Å². The number of Topliss-reactive ketones (excluding diaryl/α,β-unsaturated/α-hetero) is 1. The predicted octanol–water partition coefficient (Wildman–Crippen LogP) is 3.44. The highest BCUT2D eigenvalue weighted by Gasteiger charge is 2.53. The van der Waals surface area contributed by atoms with Crippen molar-refractivity contribution in [2.75, 3.05) is 0 Å². The summed E-state index contributed by atoms with van der Waals surface area (Å²) in [5.74, 6) is -0.902. The molecule has 0 fully saturated rings. The Morgan fingerprint density at radius 1 is 1.29 bits per heavy atom. The molecular weight excluding hydrogens is 231 g/mol. The summed E-state index contributed by atoms with van der Waals surface area (Å²) < 4.78 is 37.6. The Hall–Kier alpha value is -0.580. The fourth-order valence-corrected chi connectivity index (χ4v) is 1.58. The largest absolute Gasteiger partial charge is 0.413 e. The summed E-state index contributed by atoms with van der Waals surface area (Å²) in [6, 6.07) is 0. The van der Waals surface area contributed by atoms with E-state index in [0.29, 0.717) is 6.42 Å². The first kappa shape index (κ1) is 16.4. The quantitative estimate of drug-likeness (QED) is 0.755. The Bertz CT molecular complexity index is 249. The van der Waals surface area contributed by atoms with Gasteiger partial charge in [-0.05, 0) is 12.8 Å². The summed E-state index contributed by atoms with van der Waals surface area (Å²) >= 11 is 0. The smallest absolute Gasteiger partial charge is 0.312 e. The summed E-state index contributed by atoms with van der Waals surface area (Å²) in [5, 5.41) is 0. The van der Waals surface area contributed by atoms with Crippen LogP contribution in [0.1, 0.15) is 52.9 Å². The lowest BCUT2D eigenvalue weighted by Gasteiger charge is -2.27. The van der Waals surface area contributed by atoms with Gasteiger partial charge in [0.2, 0.25) is 0 Å². The molecule has 2 atom stereocenters. The first-order chi connectivity index (χ1) is 7.66. The lowest BCUT2D eigenvalue weighted by molar-refractivity contribution is -0.186. The maximum absolute atomic E-state index is 12.5. The van der Waals surface area contributed by atoms with Crippen molar-refractivity contribution in [1.82, 2.24) is 0 Å². The van der Waals surface area contributed by atoms with E-state index in [1.807, 2.05) is 13.8 Å². The van der Waals surface area contributed by atoms with Gasteiger partial charge in [-0.2, -0.15) is 13.2 Å². The molecule has 17 heavy (non-hydrogen) atoms. The standard InChI is InChI=1S/C12H22F3NO/c1-4-6-7-9(5-2)8-10(17)11(3,16)12(13,14)15/h9H,4-8,16H2,1-3H3. The molecule has 102 valence electrons. The Kier molecular flexibility index (Phi) is 6.16. The zero-order chi connectivity index (χ0) is 13.7. The molecule has 0 saturated heterocycles. The van der Waals surface area contributed by atoms with Gasteiger partial charge in [0.05, 0.1) is 0 Å². The molecule has 0 aliphatic rings. The normalized spacial score (nSPS) is 17.6. The van der Waals surface area contributed by atoms with Gasteiger partial charge in [0.15, 0.2) is 11.3 Å². The summed E-state index contributed by atoms with van der Waals surface area (Å²) in [4.78, 5) is 11.6. The zero-order valence-electron chi connectivity index (χ0n) is 10.7. The number of carbonyl (C=O) groups is 1. The van der Waals surface area contributed by atoms with Crippen LogP contribution < -0.4 is 5.73 Å². The molecule has 0 spiro atoms. The molecule has 2 unspecified atom stereocenters. The highest BCUT2D eigenvalue weighted by Crippen LogP contribution is 2.31.